The van der Waals surface area contributed by atoms with Gasteiger partial charge in [-0.05, 0) is 18.6 Å². The van der Waals surface area contributed by atoms with Crippen molar-refractivity contribution in [2.45, 2.75) is 20.0 Å². The van der Waals surface area contributed by atoms with Crippen LogP contribution in [0.25, 0.3) is 0 Å². The molecule has 0 bridgehead atoms. The van der Waals surface area contributed by atoms with Crippen LogP contribution in [0.3, 0.4) is 0 Å². The molecule has 1 aliphatic rings. The fraction of sp³-hybridized carbons (Fsp3) is 0.308. The van der Waals surface area contributed by atoms with E-state index in [9.17, 15) is 0 Å². The fourth-order valence-corrected chi connectivity index (χ4v) is 2.88. The molecule has 0 radical (unpaired) electrons. The van der Waals surface area contributed by atoms with Gasteiger partial charge in [0, 0.05) is 13.0 Å². The summed E-state index contributed by atoms with van der Waals surface area (Å²) in [7, 11) is 0. The lowest BCUT2D eigenvalue weighted by Gasteiger charge is -2.06. The highest BCUT2D eigenvalue weighted by molar-refractivity contribution is 7.12. The first kappa shape index (κ1) is 10.6. The summed E-state index contributed by atoms with van der Waals surface area (Å²) in [5.74, 6) is 1.99. The SMILES string of the molecule is Cc1ccccc1OCc1nc2c(s1)CCN2. The Morgan fingerprint density at radius 3 is 3.12 bits per heavy atom. The third-order valence-electron chi connectivity index (χ3n) is 2.83. The number of anilines is 1. The van der Waals surface area contributed by atoms with Crippen molar-refractivity contribution in [2.24, 2.45) is 0 Å². The van der Waals surface area contributed by atoms with E-state index in [1.807, 2.05) is 18.2 Å². The van der Waals surface area contributed by atoms with Crippen molar-refractivity contribution in [3.8, 4) is 5.75 Å². The summed E-state index contributed by atoms with van der Waals surface area (Å²) in [6, 6.07) is 8.06. The average Bonchev–Trinajstić information content (AvgIpc) is 2.88. The van der Waals surface area contributed by atoms with Gasteiger partial charge in [0.2, 0.25) is 0 Å². The number of nitrogens with one attached hydrogen (secondary N) is 1. The molecule has 88 valence electrons. The van der Waals surface area contributed by atoms with E-state index in [0.717, 1.165) is 35.1 Å². The van der Waals surface area contributed by atoms with E-state index >= 15 is 0 Å². The lowest BCUT2D eigenvalue weighted by molar-refractivity contribution is 0.303. The maximum absolute atomic E-state index is 5.78. The van der Waals surface area contributed by atoms with Crippen LogP contribution in [-0.2, 0) is 13.0 Å². The van der Waals surface area contributed by atoms with Gasteiger partial charge in [-0.15, -0.1) is 11.3 Å². The van der Waals surface area contributed by atoms with Gasteiger partial charge in [-0.25, -0.2) is 4.98 Å². The molecule has 2 heterocycles. The highest BCUT2D eigenvalue weighted by Crippen LogP contribution is 2.28. The van der Waals surface area contributed by atoms with Gasteiger partial charge in [0.15, 0.2) is 0 Å². The molecule has 0 amide bonds. The van der Waals surface area contributed by atoms with Crippen LogP contribution in [0.5, 0.6) is 5.75 Å². The second-order valence-corrected chi connectivity index (χ2v) is 5.28. The Bertz CT molecular complexity index is 514. The van der Waals surface area contributed by atoms with Gasteiger partial charge >= 0.3 is 0 Å². The van der Waals surface area contributed by atoms with Gasteiger partial charge in [0.25, 0.3) is 0 Å². The third-order valence-corrected chi connectivity index (χ3v) is 3.92. The molecular weight excluding hydrogens is 232 g/mol. The lowest BCUT2D eigenvalue weighted by atomic mass is 10.2. The highest BCUT2D eigenvalue weighted by atomic mass is 32.1. The number of hydrogen-bond donors (Lipinski definition) is 1. The van der Waals surface area contributed by atoms with E-state index in [1.165, 1.54) is 4.88 Å². The predicted octanol–water partition coefficient (Wildman–Crippen LogP) is 3.00. The van der Waals surface area contributed by atoms with Crippen LogP contribution in [0.1, 0.15) is 15.4 Å². The van der Waals surface area contributed by atoms with Crippen LogP contribution in [0.4, 0.5) is 5.82 Å². The molecule has 2 aromatic rings. The number of ether oxygens (including phenoxy) is 1. The van der Waals surface area contributed by atoms with Crippen molar-refractivity contribution in [3.05, 3.63) is 39.7 Å². The van der Waals surface area contributed by atoms with E-state index in [0.29, 0.717) is 6.61 Å². The maximum atomic E-state index is 5.78. The van der Waals surface area contributed by atoms with Crippen LogP contribution in [0, 0.1) is 6.92 Å². The van der Waals surface area contributed by atoms with Crippen molar-refractivity contribution in [3.63, 3.8) is 0 Å². The smallest absolute Gasteiger partial charge is 0.140 e. The largest absolute Gasteiger partial charge is 0.486 e. The van der Waals surface area contributed by atoms with Gasteiger partial charge in [0.1, 0.15) is 23.2 Å². The van der Waals surface area contributed by atoms with Crippen molar-refractivity contribution in [2.75, 3.05) is 11.9 Å². The maximum Gasteiger partial charge on any atom is 0.140 e. The molecular formula is C13H14N2OS. The van der Waals surface area contributed by atoms with Gasteiger partial charge in [-0.3, -0.25) is 0 Å². The minimum Gasteiger partial charge on any atom is -0.486 e. The number of para-hydroxylation sites is 1. The van der Waals surface area contributed by atoms with E-state index in [2.05, 4.69) is 23.3 Å². The van der Waals surface area contributed by atoms with Crippen LogP contribution >= 0.6 is 11.3 Å². The minimum atomic E-state index is 0.560. The standard InChI is InChI=1S/C13H14N2OS/c1-9-4-2-3-5-10(9)16-8-12-15-13-11(17-12)6-7-14-13/h2-5,14H,6-8H2,1H3. The monoisotopic (exact) mass is 246 g/mol. The Morgan fingerprint density at radius 2 is 2.29 bits per heavy atom. The van der Waals surface area contributed by atoms with Gasteiger partial charge in [-0.2, -0.15) is 0 Å². The fourth-order valence-electron chi connectivity index (χ4n) is 1.92. The van der Waals surface area contributed by atoms with E-state index in [-0.39, 0.29) is 0 Å². The number of aryl methyl sites for hydroxylation is 1. The average molecular weight is 246 g/mol. The van der Waals surface area contributed by atoms with Crippen molar-refractivity contribution in [1.82, 2.24) is 4.98 Å². The van der Waals surface area contributed by atoms with Crippen LogP contribution in [0.2, 0.25) is 0 Å². The summed E-state index contributed by atoms with van der Waals surface area (Å²) in [5.41, 5.74) is 1.16. The number of hydrogen-bond acceptors (Lipinski definition) is 4. The molecule has 0 unspecified atom stereocenters. The van der Waals surface area contributed by atoms with Crippen molar-refractivity contribution in [1.29, 1.82) is 0 Å². The molecule has 1 N–H and O–H groups in total. The molecule has 1 aromatic heterocycles. The van der Waals surface area contributed by atoms with Gasteiger partial charge in [0.05, 0.1) is 4.88 Å². The first-order chi connectivity index (χ1) is 8.33. The quantitative estimate of drug-likeness (QED) is 0.904. The number of aromatic nitrogens is 1. The molecule has 3 nitrogen and oxygen atoms in total. The van der Waals surface area contributed by atoms with Crippen molar-refractivity contribution >= 4 is 17.2 Å². The molecule has 17 heavy (non-hydrogen) atoms. The molecule has 1 aliphatic heterocycles. The predicted molar refractivity (Wildman–Crippen MR) is 69.8 cm³/mol. The Balaban J connectivity index is 1.70. The number of fused-ring (bicyclic) bond motifs is 1. The minimum absolute atomic E-state index is 0.560. The second-order valence-electron chi connectivity index (χ2n) is 4.11. The van der Waals surface area contributed by atoms with Gasteiger partial charge in [-0.1, -0.05) is 18.2 Å². The van der Waals surface area contributed by atoms with Crippen LogP contribution in [0.15, 0.2) is 24.3 Å². The molecule has 3 rings (SSSR count). The van der Waals surface area contributed by atoms with E-state index in [1.54, 1.807) is 11.3 Å². The first-order valence-corrected chi connectivity index (χ1v) is 6.55. The molecule has 0 aliphatic carbocycles. The molecule has 1 aromatic carbocycles. The normalized spacial score (nSPS) is 13.2. The summed E-state index contributed by atoms with van der Waals surface area (Å²) >= 11 is 1.75. The van der Waals surface area contributed by atoms with Crippen LogP contribution < -0.4 is 10.1 Å². The van der Waals surface area contributed by atoms with Gasteiger partial charge < -0.3 is 10.1 Å². The van der Waals surface area contributed by atoms with E-state index < -0.39 is 0 Å². The molecule has 4 heteroatoms. The first-order valence-electron chi connectivity index (χ1n) is 5.74. The molecule has 0 saturated heterocycles. The summed E-state index contributed by atoms with van der Waals surface area (Å²) in [4.78, 5) is 5.87. The van der Waals surface area contributed by atoms with E-state index in [4.69, 9.17) is 4.74 Å². The highest BCUT2D eigenvalue weighted by Gasteiger charge is 2.16. The Morgan fingerprint density at radius 1 is 1.41 bits per heavy atom. The summed E-state index contributed by atoms with van der Waals surface area (Å²) in [6.07, 6.45) is 1.09. The second kappa shape index (κ2) is 4.37. The zero-order chi connectivity index (χ0) is 11.7. The molecule has 0 atom stereocenters. The number of nitrogens with zero attached hydrogens (tertiary/aromatic N) is 1. The Kier molecular flexibility index (Phi) is 2.73. The zero-order valence-corrected chi connectivity index (χ0v) is 10.5. The zero-order valence-electron chi connectivity index (χ0n) is 9.69. The summed E-state index contributed by atoms with van der Waals surface area (Å²) in [5, 5.41) is 4.32. The summed E-state index contributed by atoms with van der Waals surface area (Å²) in [6.45, 7) is 3.63. The number of benzene rings is 1. The summed E-state index contributed by atoms with van der Waals surface area (Å²) < 4.78 is 5.78. The lowest BCUT2D eigenvalue weighted by Crippen LogP contribution is -1.98. The third kappa shape index (κ3) is 2.13. The van der Waals surface area contributed by atoms with Crippen molar-refractivity contribution < 1.29 is 4.74 Å². The van der Waals surface area contributed by atoms with Crippen LogP contribution in [-0.4, -0.2) is 11.5 Å². The number of thiazole rings is 1. The number of rotatable bonds is 3. The molecule has 0 spiro atoms. The Hall–Kier alpha value is -1.55. The molecule has 0 saturated carbocycles. The molecule has 0 fully saturated rings. The topological polar surface area (TPSA) is 34.1 Å². The Labute approximate surface area is 104 Å².